The minimum atomic E-state index is -4.83. The van der Waals surface area contributed by atoms with Crippen molar-refractivity contribution in [3.05, 3.63) is 52.4 Å². The third kappa shape index (κ3) is 6.33. The highest BCUT2D eigenvalue weighted by molar-refractivity contribution is 6.00. The molecule has 34 heavy (non-hydrogen) atoms. The van der Waals surface area contributed by atoms with Crippen LogP contribution in [0.25, 0.3) is 0 Å². The zero-order valence-corrected chi connectivity index (χ0v) is 20.6. The Morgan fingerprint density at radius 3 is 1.94 bits per heavy atom. The summed E-state index contributed by atoms with van der Waals surface area (Å²) in [5.74, 6) is -2.48. The zero-order chi connectivity index (χ0) is 25.8. The number of rotatable bonds is 8. The summed E-state index contributed by atoms with van der Waals surface area (Å²) >= 11 is 0. The number of esters is 2. The van der Waals surface area contributed by atoms with E-state index in [0.717, 1.165) is 12.1 Å². The lowest BCUT2D eigenvalue weighted by Crippen LogP contribution is -2.38. The quantitative estimate of drug-likeness (QED) is 0.433. The number of hydrogen-bond acceptors (Lipinski definition) is 6. The average Bonchev–Trinajstić information content (AvgIpc) is 2.70. The summed E-state index contributed by atoms with van der Waals surface area (Å²) in [4.78, 5) is 28.3. The molecule has 0 fully saturated rings. The number of alkyl halides is 3. The molecular formula is C25H32F3NO5. The van der Waals surface area contributed by atoms with Gasteiger partial charge in [-0.3, -0.25) is 0 Å². The van der Waals surface area contributed by atoms with Gasteiger partial charge in [-0.1, -0.05) is 19.1 Å². The molecule has 0 saturated carbocycles. The maximum absolute atomic E-state index is 13.3. The number of carbonyl (C=O) groups excluding carboxylic acids is 2. The highest BCUT2D eigenvalue weighted by Crippen LogP contribution is 2.44. The largest absolute Gasteiger partial charge is 0.573 e. The van der Waals surface area contributed by atoms with Crippen molar-refractivity contribution in [1.29, 1.82) is 0 Å². The van der Waals surface area contributed by atoms with Gasteiger partial charge in [0.25, 0.3) is 0 Å². The summed E-state index contributed by atoms with van der Waals surface area (Å²) in [5, 5.41) is 0. The van der Waals surface area contributed by atoms with Crippen molar-refractivity contribution in [3.63, 3.8) is 0 Å². The maximum Gasteiger partial charge on any atom is 0.573 e. The van der Waals surface area contributed by atoms with E-state index in [9.17, 15) is 22.8 Å². The summed E-state index contributed by atoms with van der Waals surface area (Å²) in [6.45, 7) is 12.9. The lowest BCUT2D eigenvalue weighted by Gasteiger charge is -2.40. The monoisotopic (exact) mass is 483 g/mol. The van der Waals surface area contributed by atoms with Gasteiger partial charge in [0.05, 0.1) is 29.8 Å². The van der Waals surface area contributed by atoms with Crippen LogP contribution in [0.2, 0.25) is 0 Å². The van der Waals surface area contributed by atoms with Gasteiger partial charge in [0, 0.05) is 17.4 Å². The number of hydrogen-bond donors (Lipinski definition) is 0. The molecule has 1 aromatic carbocycles. The van der Waals surface area contributed by atoms with Gasteiger partial charge in [-0.05, 0) is 65.7 Å². The second-order valence-electron chi connectivity index (χ2n) is 8.60. The summed E-state index contributed by atoms with van der Waals surface area (Å²) in [7, 11) is 0. The Hall–Kier alpha value is -2.97. The molecule has 0 bridgehead atoms. The summed E-state index contributed by atoms with van der Waals surface area (Å²) < 4.78 is 52.8. The molecular weight excluding hydrogens is 451 g/mol. The van der Waals surface area contributed by atoms with Crippen LogP contribution in [0.15, 0.2) is 46.8 Å². The van der Waals surface area contributed by atoms with Gasteiger partial charge in [-0.25, -0.2) is 9.59 Å². The third-order valence-corrected chi connectivity index (χ3v) is 5.26. The van der Waals surface area contributed by atoms with E-state index in [0.29, 0.717) is 23.4 Å². The third-order valence-electron chi connectivity index (χ3n) is 5.26. The summed E-state index contributed by atoms with van der Waals surface area (Å²) in [6.07, 6.45) is -4.64. The first kappa shape index (κ1) is 27.3. The molecule has 2 rings (SSSR count). The normalized spacial score (nSPS) is 16.9. The fourth-order valence-corrected chi connectivity index (χ4v) is 4.12. The van der Waals surface area contributed by atoms with Crippen LogP contribution in [0.3, 0.4) is 0 Å². The molecule has 1 aromatic rings. The molecule has 1 unspecified atom stereocenters. The number of halogens is 3. The first-order valence-corrected chi connectivity index (χ1v) is 11.2. The van der Waals surface area contributed by atoms with E-state index in [2.05, 4.69) is 4.74 Å². The molecule has 0 amide bonds. The fraction of sp³-hybridized carbons (Fsp3) is 0.520. The van der Waals surface area contributed by atoms with Gasteiger partial charge in [0.1, 0.15) is 5.75 Å². The van der Waals surface area contributed by atoms with Crippen molar-refractivity contribution in [1.82, 2.24) is 4.90 Å². The van der Waals surface area contributed by atoms with E-state index in [1.807, 2.05) is 25.7 Å². The Morgan fingerprint density at radius 2 is 1.50 bits per heavy atom. The molecule has 1 aliphatic rings. The van der Waals surface area contributed by atoms with Crippen LogP contribution in [-0.4, -0.2) is 42.0 Å². The van der Waals surface area contributed by atoms with E-state index in [4.69, 9.17) is 9.47 Å². The topological polar surface area (TPSA) is 65.1 Å². The predicted molar refractivity (Wildman–Crippen MR) is 121 cm³/mol. The van der Waals surface area contributed by atoms with Crippen LogP contribution in [0, 0.1) is 0 Å². The van der Waals surface area contributed by atoms with Crippen LogP contribution in [0.5, 0.6) is 5.75 Å². The first-order valence-electron chi connectivity index (χ1n) is 11.2. The highest BCUT2D eigenvalue weighted by Gasteiger charge is 2.41. The minimum absolute atomic E-state index is 0.0839. The molecule has 9 heteroatoms. The fourth-order valence-electron chi connectivity index (χ4n) is 4.12. The van der Waals surface area contributed by atoms with E-state index in [1.165, 1.54) is 12.1 Å². The molecule has 0 aliphatic carbocycles. The van der Waals surface area contributed by atoms with Crippen LogP contribution in [0.1, 0.15) is 66.4 Å². The van der Waals surface area contributed by atoms with Crippen molar-refractivity contribution in [2.75, 3.05) is 6.61 Å². The molecule has 6 nitrogen and oxygen atoms in total. The Bertz CT molecular complexity index is 962. The second-order valence-corrected chi connectivity index (χ2v) is 8.60. The van der Waals surface area contributed by atoms with Crippen molar-refractivity contribution in [2.45, 2.75) is 79.3 Å². The van der Waals surface area contributed by atoms with Gasteiger partial charge in [0.2, 0.25) is 0 Å². The Morgan fingerprint density at radius 1 is 0.971 bits per heavy atom. The molecule has 0 radical (unpaired) electrons. The van der Waals surface area contributed by atoms with E-state index in [-0.39, 0.29) is 23.8 Å². The van der Waals surface area contributed by atoms with Gasteiger partial charge < -0.3 is 19.1 Å². The van der Waals surface area contributed by atoms with Crippen LogP contribution in [0.4, 0.5) is 13.2 Å². The molecule has 0 spiro atoms. The van der Waals surface area contributed by atoms with Crippen molar-refractivity contribution < 1.29 is 37.0 Å². The lowest BCUT2D eigenvalue weighted by atomic mass is 9.79. The number of nitrogens with zero attached hydrogens (tertiary/aromatic N) is 1. The molecule has 0 N–H and O–H groups in total. The van der Waals surface area contributed by atoms with Crippen LogP contribution < -0.4 is 4.74 Å². The summed E-state index contributed by atoms with van der Waals surface area (Å²) in [6, 6.07) is 5.05. The standard InChI is InChI=1S/C25H32F3NO5/c1-8-13-32-23(30)20-16(6)29(14(2)3)17(7)21(24(31)33-15(4)5)22(20)18-9-11-19(12-10-18)34-25(26,27)28/h9-12,14-15,22H,8,13H2,1-7H3. The number of ether oxygens (including phenoxy) is 3. The first-order chi connectivity index (χ1) is 15.8. The molecule has 0 saturated heterocycles. The van der Waals surface area contributed by atoms with E-state index < -0.39 is 36.1 Å². The maximum atomic E-state index is 13.3. The number of carbonyl (C=O) groups is 2. The van der Waals surface area contributed by atoms with Gasteiger partial charge in [-0.2, -0.15) is 0 Å². The number of allylic oxidation sites excluding steroid dienone is 2. The Balaban J connectivity index is 2.71. The minimum Gasteiger partial charge on any atom is -0.462 e. The Labute approximate surface area is 198 Å². The zero-order valence-electron chi connectivity index (χ0n) is 20.6. The number of benzene rings is 1. The average molecular weight is 484 g/mol. The lowest BCUT2D eigenvalue weighted by molar-refractivity contribution is -0.274. The van der Waals surface area contributed by atoms with Crippen LogP contribution >= 0.6 is 0 Å². The highest BCUT2D eigenvalue weighted by atomic mass is 19.4. The molecule has 1 aliphatic heterocycles. The summed E-state index contributed by atoms with van der Waals surface area (Å²) in [5.41, 5.74) is 2.13. The van der Waals surface area contributed by atoms with Gasteiger partial charge in [-0.15, -0.1) is 13.2 Å². The Kier molecular flexibility index (Phi) is 8.80. The second kappa shape index (κ2) is 11.0. The van der Waals surface area contributed by atoms with Crippen LogP contribution in [-0.2, 0) is 19.1 Å². The van der Waals surface area contributed by atoms with Crippen molar-refractivity contribution in [3.8, 4) is 5.75 Å². The van der Waals surface area contributed by atoms with E-state index >= 15 is 0 Å². The van der Waals surface area contributed by atoms with E-state index in [1.54, 1.807) is 27.7 Å². The molecule has 0 aromatic heterocycles. The smallest absolute Gasteiger partial charge is 0.462 e. The molecule has 1 atom stereocenters. The van der Waals surface area contributed by atoms with Gasteiger partial charge in [0.15, 0.2) is 0 Å². The predicted octanol–water partition coefficient (Wildman–Crippen LogP) is 5.85. The van der Waals surface area contributed by atoms with Crippen molar-refractivity contribution in [2.24, 2.45) is 0 Å². The van der Waals surface area contributed by atoms with Crippen molar-refractivity contribution >= 4 is 11.9 Å². The molecule has 1 heterocycles. The SMILES string of the molecule is CCCOC(=O)C1=C(C)N(C(C)C)C(C)=C(C(=O)OC(C)C)C1c1ccc(OC(F)(F)F)cc1. The molecule has 188 valence electrons. The van der Waals surface area contributed by atoms with Gasteiger partial charge >= 0.3 is 18.3 Å².